The number of anilines is 1. The lowest BCUT2D eigenvalue weighted by Gasteiger charge is -2.08. The highest BCUT2D eigenvalue weighted by molar-refractivity contribution is 6.31. The van der Waals surface area contributed by atoms with Gasteiger partial charge in [0.15, 0.2) is 0 Å². The third-order valence-electron chi connectivity index (χ3n) is 3.92. The van der Waals surface area contributed by atoms with Gasteiger partial charge in [0.1, 0.15) is 5.75 Å². The fourth-order valence-corrected chi connectivity index (χ4v) is 2.65. The van der Waals surface area contributed by atoms with E-state index in [1.54, 1.807) is 19.2 Å². The first kappa shape index (κ1) is 17.9. The van der Waals surface area contributed by atoms with Crippen LogP contribution in [0.4, 0.5) is 5.69 Å². The molecule has 0 fully saturated rings. The Morgan fingerprint density at radius 2 is 2.04 bits per heavy atom. The molecule has 134 valence electrons. The van der Waals surface area contributed by atoms with Gasteiger partial charge < -0.3 is 14.6 Å². The summed E-state index contributed by atoms with van der Waals surface area (Å²) in [4.78, 5) is 16.5. The van der Waals surface area contributed by atoms with E-state index in [1.807, 2.05) is 37.3 Å². The number of benzene rings is 2. The largest absolute Gasteiger partial charge is 0.496 e. The predicted molar refractivity (Wildman–Crippen MR) is 99.4 cm³/mol. The summed E-state index contributed by atoms with van der Waals surface area (Å²) < 4.78 is 10.5. The molecule has 0 atom stereocenters. The number of hydrogen-bond donors (Lipinski definition) is 1. The number of para-hydroxylation sites is 1. The molecule has 0 bridgehead atoms. The summed E-state index contributed by atoms with van der Waals surface area (Å²) in [7, 11) is 1.59. The molecular weight excluding hydrogens is 354 g/mol. The Hall–Kier alpha value is -2.86. The Kier molecular flexibility index (Phi) is 5.53. The number of nitrogens with zero attached hydrogens (tertiary/aromatic N) is 2. The van der Waals surface area contributed by atoms with Crippen LogP contribution in [-0.4, -0.2) is 23.2 Å². The molecule has 0 aliphatic carbocycles. The SMILES string of the molecule is COc1ccccc1-c1noc(CCC(=O)Nc2cccc(Cl)c2C)n1. The number of aromatic nitrogens is 2. The van der Waals surface area contributed by atoms with Gasteiger partial charge in [0.25, 0.3) is 0 Å². The minimum Gasteiger partial charge on any atom is -0.496 e. The van der Waals surface area contributed by atoms with Gasteiger partial charge in [-0.25, -0.2) is 0 Å². The van der Waals surface area contributed by atoms with Crippen molar-refractivity contribution in [2.75, 3.05) is 12.4 Å². The Labute approximate surface area is 156 Å². The van der Waals surface area contributed by atoms with E-state index in [-0.39, 0.29) is 12.3 Å². The molecule has 0 radical (unpaired) electrons. The van der Waals surface area contributed by atoms with Crippen molar-refractivity contribution in [3.05, 3.63) is 58.9 Å². The summed E-state index contributed by atoms with van der Waals surface area (Å²) in [6.45, 7) is 1.86. The molecule has 1 N–H and O–H groups in total. The van der Waals surface area contributed by atoms with E-state index in [9.17, 15) is 4.79 Å². The lowest BCUT2D eigenvalue weighted by Crippen LogP contribution is -2.13. The molecule has 2 aromatic carbocycles. The number of nitrogens with one attached hydrogen (secondary N) is 1. The lowest BCUT2D eigenvalue weighted by molar-refractivity contribution is -0.116. The molecule has 0 saturated carbocycles. The molecule has 3 aromatic rings. The average molecular weight is 372 g/mol. The van der Waals surface area contributed by atoms with E-state index in [1.165, 1.54) is 0 Å². The molecule has 6 nitrogen and oxygen atoms in total. The van der Waals surface area contributed by atoms with Crippen molar-refractivity contribution in [1.29, 1.82) is 0 Å². The van der Waals surface area contributed by atoms with Crippen LogP contribution >= 0.6 is 11.6 Å². The molecule has 1 heterocycles. The number of methoxy groups -OCH3 is 1. The molecule has 1 aromatic heterocycles. The van der Waals surface area contributed by atoms with Gasteiger partial charge in [-0.3, -0.25) is 4.79 Å². The highest BCUT2D eigenvalue weighted by Crippen LogP contribution is 2.27. The number of aryl methyl sites for hydroxylation is 1. The van der Waals surface area contributed by atoms with E-state index >= 15 is 0 Å². The second-order valence-electron chi connectivity index (χ2n) is 5.67. The van der Waals surface area contributed by atoms with Crippen LogP contribution in [0.15, 0.2) is 47.0 Å². The van der Waals surface area contributed by atoms with Crippen LogP contribution in [0, 0.1) is 6.92 Å². The summed E-state index contributed by atoms with van der Waals surface area (Å²) in [6.07, 6.45) is 0.563. The fourth-order valence-electron chi connectivity index (χ4n) is 2.47. The summed E-state index contributed by atoms with van der Waals surface area (Å²) in [6, 6.07) is 12.8. The quantitative estimate of drug-likeness (QED) is 0.699. The minimum absolute atomic E-state index is 0.146. The van der Waals surface area contributed by atoms with E-state index in [2.05, 4.69) is 15.5 Å². The highest BCUT2D eigenvalue weighted by Gasteiger charge is 2.14. The highest BCUT2D eigenvalue weighted by atomic mass is 35.5. The Morgan fingerprint density at radius 1 is 1.23 bits per heavy atom. The van der Waals surface area contributed by atoms with Gasteiger partial charge in [0, 0.05) is 23.6 Å². The van der Waals surface area contributed by atoms with E-state index < -0.39 is 0 Å². The van der Waals surface area contributed by atoms with Crippen molar-refractivity contribution >= 4 is 23.2 Å². The van der Waals surface area contributed by atoms with Gasteiger partial charge in [0.2, 0.25) is 17.6 Å². The smallest absolute Gasteiger partial charge is 0.227 e. The predicted octanol–water partition coefficient (Wildman–Crippen LogP) is 4.28. The zero-order valence-electron chi connectivity index (χ0n) is 14.5. The Bertz CT molecular complexity index is 924. The third-order valence-corrected chi connectivity index (χ3v) is 4.33. The molecule has 0 aliphatic heterocycles. The molecule has 0 spiro atoms. The molecule has 1 amide bonds. The summed E-state index contributed by atoms with van der Waals surface area (Å²) in [5.41, 5.74) is 2.27. The van der Waals surface area contributed by atoms with Crippen molar-refractivity contribution < 1.29 is 14.1 Å². The van der Waals surface area contributed by atoms with Gasteiger partial charge in [0.05, 0.1) is 12.7 Å². The van der Waals surface area contributed by atoms with Gasteiger partial charge in [-0.1, -0.05) is 35.0 Å². The van der Waals surface area contributed by atoms with Crippen LogP contribution in [0.2, 0.25) is 5.02 Å². The number of ether oxygens (including phenoxy) is 1. The number of carbonyl (C=O) groups excluding carboxylic acids is 1. The number of amides is 1. The second kappa shape index (κ2) is 8.01. The molecule has 0 saturated heterocycles. The molecule has 0 aliphatic rings. The molecule has 26 heavy (non-hydrogen) atoms. The number of rotatable bonds is 6. The monoisotopic (exact) mass is 371 g/mol. The lowest BCUT2D eigenvalue weighted by atomic mass is 10.2. The van der Waals surface area contributed by atoms with Crippen LogP contribution in [0.1, 0.15) is 17.9 Å². The topological polar surface area (TPSA) is 77.2 Å². The van der Waals surface area contributed by atoms with Gasteiger partial charge in [-0.2, -0.15) is 4.98 Å². The van der Waals surface area contributed by atoms with Crippen LogP contribution in [-0.2, 0) is 11.2 Å². The molecule has 7 heteroatoms. The van der Waals surface area contributed by atoms with Crippen molar-refractivity contribution in [3.8, 4) is 17.1 Å². The van der Waals surface area contributed by atoms with Crippen LogP contribution < -0.4 is 10.1 Å². The summed E-state index contributed by atoms with van der Waals surface area (Å²) >= 11 is 6.06. The standard InChI is InChI=1S/C19H18ClN3O3/c1-12-14(20)7-5-8-15(12)21-17(24)10-11-18-22-19(23-26-18)13-6-3-4-9-16(13)25-2/h3-9H,10-11H2,1-2H3,(H,21,24). The number of halogens is 1. The normalized spacial score (nSPS) is 10.6. The first-order valence-electron chi connectivity index (χ1n) is 8.09. The van der Waals surface area contributed by atoms with Gasteiger partial charge in [-0.05, 0) is 36.8 Å². The Morgan fingerprint density at radius 3 is 2.85 bits per heavy atom. The zero-order valence-corrected chi connectivity index (χ0v) is 15.2. The maximum atomic E-state index is 12.2. The summed E-state index contributed by atoms with van der Waals surface area (Å²) in [5, 5.41) is 7.42. The van der Waals surface area contributed by atoms with Crippen molar-refractivity contribution in [2.45, 2.75) is 19.8 Å². The first-order valence-corrected chi connectivity index (χ1v) is 8.47. The van der Waals surface area contributed by atoms with Gasteiger partial charge >= 0.3 is 0 Å². The van der Waals surface area contributed by atoms with Crippen LogP contribution in [0.3, 0.4) is 0 Å². The average Bonchev–Trinajstić information content (AvgIpc) is 3.12. The summed E-state index contributed by atoms with van der Waals surface area (Å²) in [5.74, 6) is 1.34. The minimum atomic E-state index is -0.146. The molecule has 3 rings (SSSR count). The van der Waals surface area contributed by atoms with Crippen molar-refractivity contribution in [1.82, 2.24) is 10.1 Å². The number of hydrogen-bond acceptors (Lipinski definition) is 5. The van der Waals surface area contributed by atoms with E-state index in [0.29, 0.717) is 34.6 Å². The van der Waals surface area contributed by atoms with Crippen molar-refractivity contribution in [3.63, 3.8) is 0 Å². The third kappa shape index (κ3) is 4.03. The first-order chi connectivity index (χ1) is 12.6. The van der Waals surface area contributed by atoms with Crippen LogP contribution in [0.25, 0.3) is 11.4 Å². The number of carbonyl (C=O) groups is 1. The molecule has 0 unspecified atom stereocenters. The van der Waals surface area contributed by atoms with E-state index in [0.717, 1.165) is 11.1 Å². The molecular formula is C19H18ClN3O3. The fraction of sp³-hybridized carbons (Fsp3) is 0.211. The Balaban J connectivity index is 1.63. The second-order valence-corrected chi connectivity index (χ2v) is 6.08. The zero-order chi connectivity index (χ0) is 18.5. The van der Waals surface area contributed by atoms with Gasteiger partial charge in [-0.15, -0.1) is 0 Å². The van der Waals surface area contributed by atoms with E-state index in [4.69, 9.17) is 20.9 Å². The van der Waals surface area contributed by atoms with Crippen LogP contribution in [0.5, 0.6) is 5.75 Å². The maximum absolute atomic E-state index is 12.2. The van der Waals surface area contributed by atoms with Crippen molar-refractivity contribution in [2.24, 2.45) is 0 Å². The maximum Gasteiger partial charge on any atom is 0.227 e.